The van der Waals surface area contributed by atoms with Crippen molar-refractivity contribution < 1.29 is 4.79 Å². The number of carbonyl (C=O) groups is 1. The van der Waals surface area contributed by atoms with Crippen molar-refractivity contribution in [3.63, 3.8) is 0 Å². The standard InChI is InChI=1S/C26H31N3O/c30-19-29(14-4-8-20-6-2-1-3-7-20)23-10-11-26-24(17-23)25(18-27-26)21-12-15-28-13-5-9-22(28)16-21/h1-3,6-7,10-11,17-19,21-22,27H,4-5,8-9,12-16H2. The molecule has 1 N–H and O–H groups in total. The quantitative estimate of drug-likeness (QED) is 0.559. The van der Waals surface area contributed by atoms with Gasteiger partial charge in [0.05, 0.1) is 0 Å². The van der Waals surface area contributed by atoms with Gasteiger partial charge in [0, 0.05) is 35.4 Å². The second-order valence-corrected chi connectivity index (χ2v) is 8.92. The molecule has 3 aromatic rings. The molecule has 1 aromatic heterocycles. The summed E-state index contributed by atoms with van der Waals surface area (Å²) in [4.78, 5) is 19.9. The van der Waals surface area contributed by atoms with Crippen LogP contribution in [0.25, 0.3) is 10.9 Å². The third kappa shape index (κ3) is 3.89. The number of rotatable bonds is 7. The first-order valence-electron chi connectivity index (χ1n) is 11.4. The third-order valence-corrected chi connectivity index (χ3v) is 7.12. The maximum absolute atomic E-state index is 11.8. The number of nitrogens with one attached hydrogen (secondary N) is 1. The van der Waals surface area contributed by atoms with E-state index in [1.54, 1.807) is 0 Å². The van der Waals surface area contributed by atoms with E-state index in [0.717, 1.165) is 37.5 Å². The SMILES string of the molecule is O=CN(CCCc1ccccc1)c1ccc2[nH]cc(C3CCN4CCCC4C3)c2c1. The van der Waals surface area contributed by atoms with Gasteiger partial charge >= 0.3 is 0 Å². The van der Waals surface area contributed by atoms with Gasteiger partial charge in [-0.3, -0.25) is 4.79 Å². The number of benzene rings is 2. The van der Waals surface area contributed by atoms with Crippen LogP contribution in [0.2, 0.25) is 0 Å². The molecule has 2 aliphatic rings. The number of carbonyl (C=O) groups excluding carboxylic acids is 1. The lowest BCUT2D eigenvalue weighted by molar-refractivity contribution is -0.107. The molecule has 3 heterocycles. The van der Waals surface area contributed by atoms with Crippen molar-refractivity contribution in [2.24, 2.45) is 0 Å². The molecule has 1 amide bonds. The molecule has 4 nitrogen and oxygen atoms in total. The number of nitrogens with zero attached hydrogens (tertiary/aromatic N) is 2. The van der Waals surface area contributed by atoms with E-state index in [2.05, 4.69) is 58.5 Å². The first-order chi connectivity index (χ1) is 14.8. The van der Waals surface area contributed by atoms with Crippen molar-refractivity contribution in [1.29, 1.82) is 0 Å². The Morgan fingerprint density at radius 2 is 2.00 bits per heavy atom. The van der Waals surface area contributed by atoms with Gasteiger partial charge < -0.3 is 14.8 Å². The van der Waals surface area contributed by atoms with Crippen LogP contribution in [0.4, 0.5) is 5.69 Å². The highest BCUT2D eigenvalue weighted by molar-refractivity contribution is 5.89. The van der Waals surface area contributed by atoms with Crippen molar-refractivity contribution >= 4 is 23.0 Å². The van der Waals surface area contributed by atoms with Crippen LogP contribution in [0.5, 0.6) is 0 Å². The van der Waals surface area contributed by atoms with Gasteiger partial charge in [-0.25, -0.2) is 0 Å². The molecule has 5 rings (SSSR count). The molecule has 156 valence electrons. The topological polar surface area (TPSA) is 39.3 Å². The third-order valence-electron chi connectivity index (χ3n) is 7.12. The van der Waals surface area contributed by atoms with E-state index >= 15 is 0 Å². The van der Waals surface area contributed by atoms with Gasteiger partial charge in [-0.05, 0) is 86.9 Å². The highest BCUT2D eigenvalue weighted by Crippen LogP contribution is 2.39. The molecule has 2 aromatic carbocycles. The van der Waals surface area contributed by atoms with Gasteiger partial charge in [0.1, 0.15) is 0 Å². The van der Waals surface area contributed by atoms with E-state index in [1.165, 1.54) is 60.8 Å². The Hall–Kier alpha value is -2.59. The Kier molecular flexibility index (Phi) is 5.58. The molecule has 4 heteroatoms. The van der Waals surface area contributed by atoms with Crippen molar-refractivity contribution in [3.05, 3.63) is 65.9 Å². The van der Waals surface area contributed by atoms with Gasteiger partial charge in [-0.15, -0.1) is 0 Å². The fraction of sp³-hybridized carbons (Fsp3) is 0.423. The van der Waals surface area contributed by atoms with Crippen LogP contribution in [0.3, 0.4) is 0 Å². The van der Waals surface area contributed by atoms with Crippen molar-refractivity contribution in [1.82, 2.24) is 9.88 Å². The molecule has 0 bridgehead atoms. The van der Waals surface area contributed by atoms with Crippen molar-refractivity contribution in [2.75, 3.05) is 24.5 Å². The molecule has 2 atom stereocenters. The van der Waals surface area contributed by atoms with E-state index in [0.29, 0.717) is 5.92 Å². The predicted octanol–water partition coefficient (Wildman–Crippen LogP) is 5.11. The Bertz CT molecular complexity index is 996. The summed E-state index contributed by atoms with van der Waals surface area (Å²) in [6.07, 6.45) is 10.4. The number of fused-ring (bicyclic) bond motifs is 2. The van der Waals surface area contributed by atoms with Crippen LogP contribution in [0, 0.1) is 0 Å². The Morgan fingerprint density at radius 1 is 1.10 bits per heavy atom. The summed E-state index contributed by atoms with van der Waals surface area (Å²) in [7, 11) is 0. The summed E-state index contributed by atoms with van der Waals surface area (Å²) in [5.74, 6) is 0.621. The molecule has 2 unspecified atom stereocenters. The van der Waals surface area contributed by atoms with E-state index < -0.39 is 0 Å². The minimum Gasteiger partial charge on any atom is -0.361 e. The molecule has 2 saturated heterocycles. The average molecular weight is 402 g/mol. The van der Waals surface area contributed by atoms with Crippen LogP contribution >= 0.6 is 0 Å². The number of amides is 1. The minimum absolute atomic E-state index is 0.621. The predicted molar refractivity (Wildman–Crippen MR) is 123 cm³/mol. The second-order valence-electron chi connectivity index (χ2n) is 8.92. The van der Waals surface area contributed by atoms with Gasteiger partial charge in [-0.1, -0.05) is 30.3 Å². The number of hydrogen-bond acceptors (Lipinski definition) is 2. The summed E-state index contributed by atoms with van der Waals surface area (Å²) in [5, 5.41) is 1.29. The zero-order valence-electron chi connectivity index (χ0n) is 17.6. The number of anilines is 1. The summed E-state index contributed by atoms with van der Waals surface area (Å²) in [5.41, 5.74) is 4.95. The molecular weight excluding hydrogens is 370 g/mol. The van der Waals surface area contributed by atoms with E-state index in [9.17, 15) is 4.79 Å². The fourth-order valence-electron chi connectivity index (χ4n) is 5.49. The normalized spacial score (nSPS) is 21.6. The first kappa shape index (κ1) is 19.4. The maximum Gasteiger partial charge on any atom is 0.214 e. The van der Waals surface area contributed by atoms with Crippen LogP contribution in [-0.2, 0) is 11.2 Å². The number of piperidine rings is 1. The van der Waals surface area contributed by atoms with E-state index in [-0.39, 0.29) is 0 Å². The molecule has 0 radical (unpaired) electrons. The molecule has 2 fully saturated rings. The Labute approximate surface area is 178 Å². The summed E-state index contributed by atoms with van der Waals surface area (Å²) >= 11 is 0. The van der Waals surface area contributed by atoms with Crippen molar-refractivity contribution in [2.45, 2.75) is 50.5 Å². The van der Waals surface area contributed by atoms with Gasteiger partial charge in [0.25, 0.3) is 0 Å². The highest BCUT2D eigenvalue weighted by atomic mass is 16.1. The monoisotopic (exact) mass is 401 g/mol. The zero-order chi connectivity index (χ0) is 20.3. The molecule has 0 saturated carbocycles. The summed E-state index contributed by atoms with van der Waals surface area (Å²) in [6.45, 7) is 3.25. The minimum atomic E-state index is 0.621. The Morgan fingerprint density at radius 3 is 2.87 bits per heavy atom. The van der Waals surface area contributed by atoms with Crippen molar-refractivity contribution in [3.8, 4) is 0 Å². The largest absolute Gasteiger partial charge is 0.361 e. The van der Waals surface area contributed by atoms with Crippen LogP contribution in [0.1, 0.15) is 49.1 Å². The summed E-state index contributed by atoms with van der Waals surface area (Å²) < 4.78 is 0. The number of aromatic nitrogens is 1. The molecule has 30 heavy (non-hydrogen) atoms. The molecule has 0 aliphatic carbocycles. The second kappa shape index (κ2) is 8.65. The van der Waals surface area contributed by atoms with Crippen LogP contribution in [0.15, 0.2) is 54.7 Å². The molecular formula is C26H31N3O. The van der Waals surface area contributed by atoms with Crippen LogP contribution in [-0.4, -0.2) is 42.0 Å². The average Bonchev–Trinajstić information content (AvgIpc) is 3.43. The number of hydrogen-bond donors (Lipinski definition) is 1. The van der Waals surface area contributed by atoms with E-state index in [4.69, 9.17) is 0 Å². The van der Waals surface area contributed by atoms with Gasteiger partial charge in [0.15, 0.2) is 0 Å². The van der Waals surface area contributed by atoms with E-state index in [1.807, 2.05) is 11.0 Å². The highest BCUT2D eigenvalue weighted by Gasteiger charge is 2.33. The Balaban J connectivity index is 1.32. The lowest BCUT2D eigenvalue weighted by Crippen LogP contribution is -2.37. The molecule has 0 spiro atoms. The van der Waals surface area contributed by atoms with Gasteiger partial charge in [0.2, 0.25) is 6.41 Å². The smallest absolute Gasteiger partial charge is 0.214 e. The number of aromatic amines is 1. The molecule has 2 aliphatic heterocycles. The summed E-state index contributed by atoms with van der Waals surface area (Å²) in [6, 6.07) is 17.7. The fourth-order valence-corrected chi connectivity index (χ4v) is 5.49. The maximum atomic E-state index is 11.8. The van der Waals surface area contributed by atoms with Gasteiger partial charge in [-0.2, -0.15) is 0 Å². The lowest BCUT2D eigenvalue weighted by atomic mass is 9.85. The number of aryl methyl sites for hydroxylation is 1. The van der Waals surface area contributed by atoms with Crippen LogP contribution < -0.4 is 4.90 Å². The first-order valence-corrected chi connectivity index (χ1v) is 11.4. The lowest BCUT2D eigenvalue weighted by Gasteiger charge is -2.34. The zero-order valence-corrected chi connectivity index (χ0v) is 17.6. The number of H-pyrrole nitrogens is 1.